The summed E-state index contributed by atoms with van der Waals surface area (Å²) in [5, 5.41) is 7.57. The molecule has 15 heavy (non-hydrogen) atoms. The highest BCUT2D eigenvalue weighted by molar-refractivity contribution is 5.58. The summed E-state index contributed by atoms with van der Waals surface area (Å²) in [6, 6.07) is 7.62. The predicted octanol–water partition coefficient (Wildman–Crippen LogP) is -0.300. The summed E-state index contributed by atoms with van der Waals surface area (Å²) in [6.45, 7) is 0.474. The fraction of sp³-hybridized carbons (Fsp3) is 0.111. The summed E-state index contributed by atoms with van der Waals surface area (Å²) in [7, 11) is 0. The van der Waals surface area contributed by atoms with Crippen LogP contribution in [0, 0.1) is 0 Å². The number of nitrogens with two attached hydrogens (primary N) is 3. The lowest BCUT2D eigenvalue weighted by atomic mass is 10.1. The Kier molecular flexibility index (Phi) is 2.26. The molecule has 1 aromatic heterocycles. The molecule has 0 fully saturated rings. The van der Waals surface area contributed by atoms with E-state index in [1.54, 1.807) is 0 Å². The Labute approximate surface area is 86.7 Å². The first-order valence-electron chi connectivity index (χ1n) is 4.47. The third-order valence-corrected chi connectivity index (χ3v) is 2.14. The zero-order valence-electron chi connectivity index (χ0n) is 8.09. The molecule has 6 heteroatoms. The van der Waals surface area contributed by atoms with Gasteiger partial charge in [-0.1, -0.05) is 18.2 Å². The number of hydrogen-bond donors (Lipinski definition) is 3. The van der Waals surface area contributed by atoms with Gasteiger partial charge in [0.15, 0.2) is 5.82 Å². The van der Waals surface area contributed by atoms with Crippen LogP contribution in [0.1, 0.15) is 5.56 Å². The highest BCUT2D eigenvalue weighted by Crippen LogP contribution is 2.18. The highest BCUT2D eigenvalue weighted by Gasteiger charge is 2.08. The zero-order chi connectivity index (χ0) is 10.8. The van der Waals surface area contributed by atoms with Crippen molar-refractivity contribution in [2.75, 3.05) is 11.6 Å². The lowest BCUT2D eigenvalue weighted by Crippen LogP contribution is -2.13. The normalized spacial score (nSPS) is 10.5. The number of rotatable bonds is 2. The maximum atomic E-state index is 5.66. The first-order valence-corrected chi connectivity index (χ1v) is 4.47. The molecule has 0 spiro atoms. The van der Waals surface area contributed by atoms with Crippen molar-refractivity contribution in [1.82, 2.24) is 14.9 Å². The van der Waals surface area contributed by atoms with Crippen LogP contribution in [0.25, 0.3) is 11.4 Å². The second kappa shape index (κ2) is 3.58. The molecule has 1 heterocycles. The van der Waals surface area contributed by atoms with Gasteiger partial charge >= 0.3 is 0 Å². The third-order valence-electron chi connectivity index (χ3n) is 2.14. The van der Waals surface area contributed by atoms with Gasteiger partial charge in [0.05, 0.1) is 0 Å². The molecular weight excluding hydrogens is 192 g/mol. The molecule has 0 aliphatic carbocycles. The number of nitrogen functional groups attached to an aromatic ring is 2. The van der Waals surface area contributed by atoms with E-state index in [1.165, 1.54) is 4.68 Å². The van der Waals surface area contributed by atoms with Gasteiger partial charge in [0.2, 0.25) is 5.95 Å². The number of anilines is 1. The Balaban J connectivity index is 2.49. The van der Waals surface area contributed by atoms with E-state index >= 15 is 0 Å². The van der Waals surface area contributed by atoms with Crippen LogP contribution in [-0.2, 0) is 6.54 Å². The van der Waals surface area contributed by atoms with Gasteiger partial charge in [-0.25, -0.2) is 4.68 Å². The molecular formula is C9H12N6. The molecule has 78 valence electrons. The predicted molar refractivity (Wildman–Crippen MR) is 57.9 cm³/mol. The second-order valence-electron chi connectivity index (χ2n) is 3.16. The molecule has 0 aliphatic heterocycles. The van der Waals surface area contributed by atoms with Gasteiger partial charge in [-0.2, -0.15) is 0 Å². The van der Waals surface area contributed by atoms with Crippen molar-refractivity contribution in [3.05, 3.63) is 29.8 Å². The van der Waals surface area contributed by atoms with Gasteiger partial charge in [0.1, 0.15) is 0 Å². The van der Waals surface area contributed by atoms with Gasteiger partial charge in [-0.15, -0.1) is 10.2 Å². The van der Waals surface area contributed by atoms with Crippen LogP contribution in [0.3, 0.4) is 0 Å². The lowest BCUT2D eigenvalue weighted by Gasteiger charge is -2.03. The van der Waals surface area contributed by atoms with Crippen LogP contribution < -0.4 is 17.3 Å². The average Bonchev–Trinajstić information content (AvgIpc) is 2.60. The van der Waals surface area contributed by atoms with Crippen molar-refractivity contribution in [2.45, 2.75) is 6.54 Å². The van der Waals surface area contributed by atoms with Crippen LogP contribution in [0.2, 0.25) is 0 Å². The van der Waals surface area contributed by atoms with E-state index in [0.29, 0.717) is 12.4 Å². The van der Waals surface area contributed by atoms with E-state index in [0.717, 1.165) is 11.1 Å². The van der Waals surface area contributed by atoms with Crippen LogP contribution in [0.4, 0.5) is 5.95 Å². The van der Waals surface area contributed by atoms with Crippen molar-refractivity contribution in [1.29, 1.82) is 0 Å². The second-order valence-corrected chi connectivity index (χ2v) is 3.16. The minimum absolute atomic E-state index is 0.183. The van der Waals surface area contributed by atoms with E-state index < -0.39 is 0 Å². The average molecular weight is 204 g/mol. The molecule has 0 atom stereocenters. The molecule has 0 amide bonds. The van der Waals surface area contributed by atoms with Crippen molar-refractivity contribution in [3.63, 3.8) is 0 Å². The summed E-state index contributed by atoms with van der Waals surface area (Å²) in [5.74, 6) is 6.38. The summed E-state index contributed by atoms with van der Waals surface area (Å²) in [6.07, 6.45) is 0. The SMILES string of the molecule is NCc1cccc(-c2nnc(N)n2N)c1. The summed E-state index contributed by atoms with van der Waals surface area (Å²) in [5.41, 5.74) is 12.9. The quantitative estimate of drug-likeness (QED) is 0.582. The lowest BCUT2D eigenvalue weighted by molar-refractivity contribution is 1.02. The molecule has 0 bridgehead atoms. The van der Waals surface area contributed by atoms with Crippen LogP contribution in [-0.4, -0.2) is 14.9 Å². The number of benzene rings is 1. The van der Waals surface area contributed by atoms with Gasteiger partial charge in [0, 0.05) is 12.1 Å². The first kappa shape index (κ1) is 9.47. The van der Waals surface area contributed by atoms with Crippen molar-refractivity contribution in [2.24, 2.45) is 5.73 Å². The van der Waals surface area contributed by atoms with E-state index in [9.17, 15) is 0 Å². The molecule has 0 unspecified atom stereocenters. The van der Waals surface area contributed by atoms with Gasteiger partial charge in [-0.3, -0.25) is 0 Å². The zero-order valence-corrected chi connectivity index (χ0v) is 8.09. The molecule has 0 saturated carbocycles. The third kappa shape index (κ3) is 1.62. The maximum absolute atomic E-state index is 5.66. The standard InChI is InChI=1S/C9H12N6/c10-5-6-2-1-3-7(4-6)8-13-14-9(11)15(8)12/h1-4H,5,10,12H2,(H2,11,14). The van der Waals surface area contributed by atoms with Gasteiger partial charge in [0.25, 0.3) is 0 Å². The number of nitrogens with zero attached hydrogens (tertiary/aromatic N) is 3. The topological polar surface area (TPSA) is 109 Å². The van der Waals surface area contributed by atoms with E-state index in [4.69, 9.17) is 17.3 Å². The first-order chi connectivity index (χ1) is 7.22. The van der Waals surface area contributed by atoms with Crippen LogP contribution >= 0.6 is 0 Å². The molecule has 6 nitrogen and oxygen atoms in total. The molecule has 0 radical (unpaired) electrons. The molecule has 2 aromatic rings. The fourth-order valence-electron chi connectivity index (χ4n) is 1.34. The minimum Gasteiger partial charge on any atom is -0.366 e. The van der Waals surface area contributed by atoms with E-state index in [-0.39, 0.29) is 5.95 Å². The molecule has 2 rings (SSSR count). The van der Waals surface area contributed by atoms with Crippen LogP contribution in [0.15, 0.2) is 24.3 Å². The molecule has 1 aromatic carbocycles. The van der Waals surface area contributed by atoms with E-state index in [2.05, 4.69) is 10.2 Å². The Morgan fingerprint density at radius 2 is 2.07 bits per heavy atom. The van der Waals surface area contributed by atoms with E-state index in [1.807, 2.05) is 24.3 Å². The summed E-state index contributed by atoms with van der Waals surface area (Å²) in [4.78, 5) is 0. The highest BCUT2D eigenvalue weighted by atomic mass is 15.4. The summed E-state index contributed by atoms with van der Waals surface area (Å²) < 4.78 is 1.25. The maximum Gasteiger partial charge on any atom is 0.241 e. The van der Waals surface area contributed by atoms with Crippen molar-refractivity contribution < 1.29 is 0 Å². The Morgan fingerprint density at radius 1 is 1.27 bits per heavy atom. The molecule has 6 N–H and O–H groups in total. The Bertz CT molecular complexity index is 475. The minimum atomic E-state index is 0.183. The monoisotopic (exact) mass is 204 g/mol. The fourth-order valence-corrected chi connectivity index (χ4v) is 1.34. The Hall–Kier alpha value is -2.08. The van der Waals surface area contributed by atoms with Gasteiger partial charge < -0.3 is 17.3 Å². The summed E-state index contributed by atoms with van der Waals surface area (Å²) >= 11 is 0. The van der Waals surface area contributed by atoms with Crippen LogP contribution in [0.5, 0.6) is 0 Å². The number of hydrogen-bond acceptors (Lipinski definition) is 5. The largest absolute Gasteiger partial charge is 0.366 e. The smallest absolute Gasteiger partial charge is 0.241 e. The Morgan fingerprint density at radius 3 is 2.67 bits per heavy atom. The van der Waals surface area contributed by atoms with Gasteiger partial charge in [-0.05, 0) is 11.6 Å². The molecule has 0 saturated heterocycles. The molecule has 0 aliphatic rings. The van der Waals surface area contributed by atoms with Crippen molar-refractivity contribution >= 4 is 5.95 Å². The number of aromatic nitrogens is 3. The van der Waals surface area contributed by atoms with Crippen molar-refractivity contribution in [3.8, 4) is 11.4 Å².